The number of hydrogen-bond acceptors (Lipinski definition) is 17. The first-order chi connectivity index (χ1) is 51.4. The van der Waals surface area contributed by atoms with Crippen LogP contribution in [0.5, 0.6) is 0 Å². The van der Waals surface area contributed by atoms with Crippen LogP contribution in [0.3, 0.4) is 0 Å². The molecule has 22 heteroatoms. The van der Waals surface area contributed by atoms with E-state index < -0.39 is 0 Å². The summed E-state index contributed by atoms with van der Waals surface area (Å²) in [6, 6.07) is 47.1. The number of aromatic nitrogens is 8. The molecule has 18 nitrogen and oxygen atoms in total. The van der Waals surface area contributed by atoms with Gasteiger partial charge in [-0.3, -0.25) is 0 Å². The number of quaternary nitrogens is 1. The van der Waals surface area contributed by atoms with Crippen molar-refractivity contribution in [3.8, 4) is 0 Å². The normalized spacial score (nSPS) is 20.3. The maximum atomic E-state index is 10.1. The lowest BCUT2D eigenvalue weighted by molar-refractivity contribution is -0.920. The summed E-state index contributed by atoms with van der Waals surface area (Å²) in [5.41, 5.74) is 11.9. The van der Waals surface area contributed by atoms with Crippen LogP contribution >= 0.6 is 15.9 Å². The summed E-state index contributed by atoms with van der Waals surface area (Å²) in [5, 5.41) is 27.4. The van der Waals surface area contributed by atoms with Crippen LogP contribution in [0.25, 0.3) is 0 Å². The molecule has 4 aromatic heterocycles. The van der Waals surface area contributed by atoms with Crippen LogP contribution in [0.2, 0.25) is 13.6 Å². The molecule has 4 fully saturated rings. The van der Waals surface area contributed by atoms with Crippen LogP contribution in [0.1, 0.15) is 155 Å². The Bertz CT molecular complexity index is 3740. The Kier molecular flexibility index (Phi) is 33.2. The molecule has 16 rings (SSSR count). The standard InChI is InChI=1S/C22H31N4.C21H29BN4O.C20H26N4.C17H27BN2O.C4H3BrN2.CH4.HI/c1-26(2)15-6-5-10-21(26)11-14-25(22-23-12-7-13-24-22)20-16-18-8-3-4-9-19(18)17-20;1-22(27)26-13-5-4-9-19(26)10-14-25(21-23-11-6-12-24-21)20-15-17-7-2-3-8-18(17)16-20;1-2-7-17-15-19(14-16(17)6-1)24(20-22-11-5-12-23-20)13-9-18-8-3-4-10-21-18;1-18(21)20-11-5-4-8-17(20)9-10-19-16-12-14-6-2-3-7-15(14)13-16;5-4-6-2-1-3-7-4;;/h3-4,7-9,12-13,20-21H,5-6,10-11,14-17H2,1-2H3;2-3,6-8,11-12,19-20,27H,4-5,9-10,13-16H2,1H3;1-2,5-7,11-12,18-19,21H,3-4,8-10,13-15H2;2-3,6-7,16-17,19,21H,4-5,8-13H2,1H3;1-3H;1H4;1H/q+1;;;;;;/p-1. The summed E-state index contributed by atoms with van der Waals surface area (Å²) in [4.78, 5) is 46.8. The van der Waals surface area contributed by atoms with E-state index in [9.17, 15) is 10.0 Å². The Balaban J connectivity index is 0.000000147. The van der Waals surface area contributed by atoms with Crippen molar-refractivity contribution in [3.05, 3.63) is 220 Å². The van der Waals surface area contributed by atoms with Gasteiger partial charge in [0.25, 0.3) is 0 Å². The maximum absolute atomic E-state index is 10.1. The highest BCUT2D eigenvalue weighted by Crippen LogP contribution is 2.34. The highest BCUT2D eigenvalue weighted by molar-refractivity contribution is 9.10. The zero-order valence-corrected chi connectivity index (χ0v) is 67.2. The number of likely N-dealkylation sites (tertiary alicyclic amines) is 1. The molecule has 4 saturated heterocycles. The molecule has 0 bridgehead atoms. The van der Waals surface area contributed by atoms with Gasteiger partial charge in [0.1, 0.15) is 0 Å². The van der Waals surface area contributed by atoms with Gasteiger partial charge in [0.15, 0.2) is 4.73 Å². The largest absolute Gasteiger partial charge is 1.00 e. The van der Waals surface area contributed by atoms with Gasteiger partial charge in [-0.1, -0.05) is 124 Å². The minimum atomic E-state index is -0.368. The summed E-state index contributed by atoms with van der Waals surface area (Å²) in [7, 11) is 4.13. The van der Waals surface area contributed by atoms with Crippen LogP contribution in [0.15, 0.2) is 176 Å². The molecule has 0 spiro atoms. The van der Waals surface area contributed by atoms with Crippen molar-refractivity contribution < 1.29 is 38.5 Å². The summed E-state index contributed by atoms with van der Waals surface area (Å²) in [6.45, 7) is 12.4. The number of fused-ring (bicyclic) bond motifs is 4. The van der Waals surface area contributed by atoms with Gasteiger partial charge in [-0.15, -0.1) is 0 Å². The molecule has 4 atom stereocenters. The third-order valence-corrected chi connectivity index (χ3v) is 24.1. The molecule has 572 valence electrons. The number of rotatable bonds is 21. The molecule has 107 heavy (non-hydrogen) atoms. The number of halogens is 2. The van der Waals surface area contributed by atoms with Crippen LogP contribution in [0.4, 0.5) is 17.8 Å². The van der Waals surface area contributed by atoms with Crippen LogP contribution in [-0.4, -0.2) is 193 Å². The highest BCUT2D eigenvalue weighted by atomic mass is 127. The van der Waals surface area contributed by atoms with E-state index in [1.165, 1.54) is 160 Å². The molecule has 8 heterocycles. The molecular formula is C85H120B2BrIN16O2. The number of nitrogens with zero attached hydrogens (tertiary/aromatic N) is 14. The number of benzene rings is 4. The summed E-state index contributed by atoms with van der Waals surface area (Å²) in [6.07, 6.45) is 43.4. The van der Waals surface area contributed by atoms with E-state index in [0.29, 0.717) is 47.0 Å². The number of hydrogen-bond donors (Lipinski definition) is 4. The predicted molar refractivity (Wildman–Crippen MR) is 438 cm³/mol. The zero-order valence-electron chi connectivity index (χ0n) is 63.5. The molecular weight excluding hydrogens is 1510 g/mol. The van der Waals surface area contributed by atoms with E-state index in [-0.39, 0.29) is 45.5 Å². The van der Waals surface area contributed by atoms with Crippen molar-refractivity contribution in [3.63, 3.8) is 0 Å². The van der Waals surface area contributed by atoms with Gasteiger partial charge in [0.2, 0.25) is 17.8 Å². The molecule has 4 unspecified atom stereocenters. The van der Waals surface area contributed by atoms with Crippen molar-refractivity contribution in [2.45, 2.75) is 224 Å². The summed E-state index contributed by atoms with van der Waals surface area (Å²) in [5.74, 6) is 2.60. The molecule has 0 amide bonds. The minimum absolute atomic E-state index is 0. The number of nitrogens with one attached hydrogen (secondary N) is 2. The molecule has 0 saturated carbocycles. The Hall–Kier alpha value is -6.34. The van der Waals surface area contributed by atoms with Crippen molar-refractivity contribution in [1.82, 2.24) is 60.1 Å². The van der Waals surface area contributed by atoms with Gasteiger partial charge in [-0.05, 0) is 253 Å². The van der Waals surface area contributed by atoms with Gasteiger partial charge >= 0.3 is 14.1 Å². The molecule has 0 radical (unpaired) electrons. The third-order valence-electron chi connectivity index (χ3n) is 23.7. The van der Waals surface area contributed by atoms with Crippen molar-refractivity contribution in [1.29, 1.82) is 0 Å². The first-order valence-corrected chi connectivity index (χ1v) is 40.7. The fourth-order valence-corrected chi connectivity index (χ4v) is 18.2. The van der Waals surface area contributed by atoms with Crippen molar-refractivity contribution in [2.75, 3.05) is 81.2 Å². The van der Waals surface area contributed by atoms with Gasteiger partial charge in [0.05, 0.1) is 26.7 Å². The Morgan fingerprint density at radius 2 is 0.804 bits per heavy atom. The first-order valence-electron chi connectivity index (χ1n) is 39.9. The lowest BCUT2D eigenvalue weighted by atomic mass is 9.79. The smallest absolute Gasteiger partial charge is 0.376 e. The second-order valence-electron chi connectivity index (χ2n) is 31.1. The molecule has 8 aliphatic rings. The molecule has 4 aromatic carbocycles. The van der Waals surface area contributed by atoms with E-state index in [4.69, 9.17) is 0 Å². The molecule has 4 N–H and O–H groups in total. The van der Waals surface area contributed by atoms with Gasteiger partial charge in [0, 0.05) is 118 Å². The van der Waals surface area contributed by atoms with E-state index in [1.54, 1.807) is 18.5 Å². The zero-order chi connectivity index (χ0) is 72.6. The number of piperidine rings is 4. The van der Waals surface area contributed by atoms with E-state index in [1.807, 2.05) is 69.0 Å². The quantitative estimate of drug-likeness (QED) is 0.0230. The minimum Gasteiger partial charge on any atom is -1.00 e. The molecule has 8 aromatic rings. The molecule has 4 aliphatic heterocycles. The lowest BCUT2D eigenvalue weighted by Crippen LogP contribution is -3.00. The SMILES string of the molecule is Brc1ncccn1.C.CB(O)N1CCCCC1CCN(c1ncccn1)C1Cc2ccccc2C1.CB(O)N1CCCCC1CCNC1Cc2ccccc2C1.C[N+]1(C)CCCCC1CCN(c1ncccn1)C1Cc2ccccc2C1.[I-].c1cnc(N(CCC2CCCCN2)C2Cc3ccccc3C2)nc1. The topological polar surface area (TPSA) is 184 Å². The Morgan fingerprint density at radius 3 is 1.17 bits per heavy atom. The Labute approximate surface area is 666 Å². The van der Waals surface area contributed by atoms with E-state index >= 15 is 0 Å². The highest BCUT2D eigenvalue weighted by Gasteiger charge is 2.37. The average Bonchev–Trinajstić information content (AvgIpc) is 1.69. The van der Waals surface area contributed by atoms with Crippen LogP contribution in [0, 0.1) is 0 Å². The van der Waals surface area contributed by atoms with Crippen molar-refractivity contribution >= 4 is 47.9 Å². The first kappa shape index (κ1) is 83.1. The fourth-order valence-electron chi connectivity index (χ4n) is 18.0. The predicted octanol–water partition coefficient (Wildman–Crippen LogP) is 10.2. The van der Waals surface area contributed by atoms with Gasteiger partial charge < -0.3 is 73.5 Å². The van der Waals surface area contributed by atoms with Gasteiger partial charge in [-0.2, -0.15) is 0 Å². The maximum Gasteiger partial charge on any atom is 0.376 e. The summed E-state index contributed by atoms with van der Waals surface area (Å²) >= 11 is 3.09. The second kappa shape index (κ2) is 42.7. The Morgan fingerprint density at radius 1 is 0.449 bits per heavy atom. The van der Waals surface area contributed by atoms with Crippen molar-refractivity contribution in [2.24, 2.45) is 0 Å². The molecule has 4 aliphatic carbocycles. The van der Waals surface area contributed by atoms with Gasteiger partial charge in [-0.25, -0.2) is 39.9 Å². The summed E-state index contributed by atoms with van der Waals surface area (Å²) < 4.78 is 1.80. The second-order valence-corrected chi connectivity index (χ2v) is 31.8. The van der Waals surface area contributed by atoms with Crippen LogP contribution < -0.4 is 49.3 Å². The third kappa shape index (κ3) is 24.1. The fraction of sp³-hybridized carbons (Fsp3) is 0.529. The van der Waals surface area contributed by atoms with Crippen LogP contribution in [-0.2, 0) is 51.4 Å². The lowest BCUT2D eigenvalue weighted by Gasteiger charge is -2.42. The van der Waals surface area contributed by atoms with E-state index in [0.717, 1.165) is 119 Å². The monoisotopic (exact) mass is 1620 g/mol. The van der Waals surface area contributed by atoms with E-state index in [2.05, 4.69) is 202 Å². The number of anilines is 3. The average molecular weight is 1630 g/mol.